The van der Waals surface area contributed by atoms with Gasteiger partial charge in [-0.3, -0.25) is 4.79 Å². The minimum absolute atomic E-state index is 0.161. The lowest BCUT2D eigenvalue weighted by molar-refractivity contribution is -0.128. The van der Waals surface area contributed by atoms with E-state index in [0.717, 1.165) is 49.0 Å². The second-order valence-electron chi connectivity index (χ2n) is 8.99. The van der Waals surface area contributed by atoms with Crippen molar-refractivity contribution in [1.82, 2.24) is 19.7 Å². The van der Waals surface area contributed by atoms with Crippen LogP contribution in [-0.4, -0.2) is 62.6 Å². The Bertz CT molecular complexity index is 1070. The molecule has 1 aromatic carbocycles. The molecule has 2 aromatic heterocycles. The van der Waals surface area contributed by atoms with Crippen LogP contribution in [0, 0.1) is 0 Å². The molecular formula is C25H31N5O2S2. The number of aromatic nitrogens is 3. The van der Waals surface area contributed by atoms with Crippen molar-refractivity contribution in [1.29, 1.82) is 0 Å². The molecule has 3 heterocycles. The summed E-state index contributed by atoms with van der Waals surface area (Å²) in [7, 11) is 0. The van der Waals surface area contributed by atoms with Crippen LogP contribution in [0.2, 0.25) is 0 Å². The van der Waals surface area contributed by atoms with Gasteiger partial charge in [-0.2, -0.15) is 0 Å². The van der Waals surface area contributed by atoms with Crippen molar-refractivity contribution in [3.05, 3.63) is 52.5 Å². The number of aromatic hydroxyl groups is 1. The summed E-state index contributed by atoms with van der Waals surface area (Å²) in [5.41, 5.74) is 1.08. The lowest BCUT2D eigenvalue weighted by atomic mass is 9.95. The summed E-state index contributed by atoms with van der Waals surface area (Å²) >= 11 is 3.29. The van der Waals surface area contributed by atoms with Crippen molar-refractivity contribution >= 4 is 34.7 Å². The fourth-order valence-electron chi connectivity index (χ4n) is 4.90. The quantitative estimate of drug-likeness (QED) is 0.482. The van der Waals surface area contributed by atoms with Crippen LogP contribution in [0.3, 0.4) is 0 Å². The Morgan fingerprint density at radius 2 is 1.79 bits per heavy atom. The van der Waals surface area contributed by atoms with Gasteiger partial charge < -0.3 is 19.5 Å². The summed E-state index contributed by atoms with van der Waals surface area (Å²) < 4.78 is 2.33. The first-order chi connectivity index (χ1) is 16.7. The molecule has 180 valence electrons. The third kappa shape index (κ3) is 5.41. The van der Waals surface area contributed by atoms with Gasteiger partial charge in [0.1, 0.15) is 11.6 Å². The van der Waals surface area contributed by atoms with Crippen LogP contribution in [0.25, 0.3) is 0 Å². The van der Waals surface area contributed by atoms with Gasteiger partial charge in [-0.1, -0.05) is 37.1 Å². The Morgan fingerprint density at radius 1 is 1.03 bits per heavy atom. The number of phenolic OH excluding ortho intramolecular Hbond substituents is 1. The first-order valence-electron chi connectivity index (χ1n) is 12.1. The number of hydrogen-bond donors (Lipinski definition) is 1. The first-order valence-corrected chi connectivity index (χ1v) is 13.9. The van der Waals surface area contributed by atoms with E-state index in [-0.39, 0.29) is 11.7 Å². The van der Waals surface area contributed by atoms with E-state index in [4.69, 9.17) is 0 Å². The van der Waals surface area contributed by atoms with Gasteiger partial charge in [0.25, 0.3) is 0 Å². The number of thioether (sulfide) groups is 1. The predicted molar refractivity (Wildman–Crippen MR) is 137 cm³/mol. The zero-order valence-electron chi connectivity index (χ0n) is 19.3. The highest BCUT2D eigenvalue weighted by atomic mass is 32.2. The number of benzene rings is 1. The summed E-state index contributed by atoms with van der Waals surface area (Å²) in [5.74, 6) is 1.85. The second-order valence-corrected chi connectivity index (χ2v) is 11.0. The monoisotopic (exact) mass is 497 g/mol. The van der Waals surface area contributed by atoms with E-state index in [1.165, 1.54) is 35.9 Å². The molecule has 1 N–H and O–H groups in total. The minimum atomic E-state index is 0.161. The molecule has 0 bridgehead atoms. The van der Waals surface area contributed by atoms with E-state index >= 15 is 0 Å². The fourth-order valence-corrected chi connectivity index (χ4v) is 6.53. The van der Waals surface area contributed by atoms with E-state index in [0.29, 0.717) is 24.9 Å². The average molecular weight is 498 g/mol. The van der Waals surface area contributed by atoms with Crippen molar-refractivity contribution in [2.75, 3.05) is 36.8 Å². The average Bonchev–Trinajstić information content (AvgIpc) is 3.54. The molecular weight excluding hydrogens is 466 g/mol. The molecule has 7 nitrogen and oxygen atoms in total. The molecule has 1 aliphatic heterocycles. The number of anilines is 1. The molecule has 0 spiro atoms. The Morgan fingerprint density at radius 3 is 2.50 bits per heavy atom. The van der Waals surface area contributed by atoms with Crippen molar-refractivity contribution in [2.45, 2.75) is 49.7 Å². The third-order valence-electron chi connectivity index (χ3n) is 6.76. The van der Waals surface area contributed by atoms with E-state index in [2.05, 4.69) is 37.2 Å². The van der Waals surface area contributed by atoms with Crippen LogP contribution in [0.1, 0.15) is 48.8 Å². The molecule has 0 radical (unpaired) electrons. The molecule has 1 aliphatic carbocycles. The number of phenols is 1. The summed E-state index contributed by atoms with van der Waals surface area (Å²) in [6, 6.07) is 11.9. The van der Waals surface area contributed by atoms with Crippen LogP contribution in [0.4, 0.5) is 5.69 Å². The van der Waals surface area contributed by atoms with Gasteiger partial charge in [-0.25, -0.2) is 0 Å². The van der Waals surface area contributed by atoms with Gasteiger partial charge in [0.15, 0.2) is 5.16 Å². The molecule has 3 aromatic rings. The number of nitrogens with zero attached hydrogens (tertiary/aromatic N) is 5. The topological polar surface area (TPSA) is 74.5 Å². The predicted octanol–water partition coefficient (Wildman–Crippen LogP) is 4.58. The van der Waals surface area contributed by atoms with Crippen molar-refractivity contribution in [3.63, 3.8) is 0 Å². The van der Waals surface area contributed by atoms with Gasteiger partial charge in [0, 0.05) is 49.2 Å². The maximum atomic E-state index is 13.0. The molecule has 1 amide bonds. The second kappa shape index (κ2) is 10.8. The van der Waals surface area contributed by atoms with Crippen LogP contribution >= 0.6 is 23.1 Å². The highest BCUT2D eigenvalue weighted by Crippen LogP contribution is 2.33. The van der Waals surface area contributed by atoms with Gasteiger partial charge >= 0.3 is 0 Å². The minimum Gasteiger partial charge on any atom is -0.508 e. The Kier molecular flexibility index (Phi) is 7.39. The molecule has 0 atom stereocenters. The molecule has 1 saturated heterocycles. The Labute approximate surface area is 208 Å². The summed E-state index contributed by atoms with van der Waals surface area (Å²) in [6.07, 6.45) is 6.92. The zero-order valence-corrected chi connectivity index (χ0v) is 20.9. The molecule has 9 heteroatoms. The number of thiophene rings is 1. The van der Waals surface area contributed by atoms with Crippen molar-refractivity contribution in [3.8, 4) is 5.75 Å². The number of carbonyl (C=O) groups is 1. The van der Waals surface area contributed by atoms with Crippen LogP contribution in [0.15, 0.2) is 46.9 Å². The normalized spacial score (nSPS) is 17.3. The molecule has 5 rings (SSSR count). The third-order valence-corrected chi connectivity index (χ3v) is 8.56. The SMILES string of the molecule is O=C(CSc1nnc(Cc2cccs2)n1C1CCCCC1)N1CCN(c2ccc(O)cc2)CC1. The number of piperazine rings is 1. The zero-order chi connectivity index (χ0) is 23.3. The standard InChI is InChI=1S/C25H31N5O2S2/c31-21-10-8-19(9-11-21)28-12-14-29(15-13-28)24(32)18-34-25-27-26-23(17-22-7-4-16-33-22)30(25)20-5-2-1-3-6-20/h4,7-11,16,20,31H,1-3,5-6,12-15,17-18H2. The van der Waals surface area contributed by atoms with Crippen LogP contribution in [-0.2, 0) is 11.2 Å². The number of amides is 1. The fraction of sp³-hybridized carbons (Fsp3) is 0.480. The lowest BCUT2D eigenvalue weighted by Gasteiger charge is -2.36. The molecule has 34 heavy (non-hydrogen) atoms. The maximum Gasteiger partial charge on any atom is 0.233 e. The molecule has 0 unspecified atom stereocenters. The summed E-state index contributed by atoms with van der Waals surface area (Å²) in [6.45, 7) is 3.01. The van der Waals surface area contributed by atoms with Crippen molar-refractivity contribution in [2.24, 2.45) is 0 Å². The van der Waals surface area contributed by atoms with E-state index in [9.17, 15) is 9.90 Å². The van der Waals surface area contributed by atoms with E-state index < -0.39 is 0 Å². The highest BCUT2D eigenvalue weighted by molar-refractivity contribution is 7.99. The molecule has 2 aliphatic rings. The number of hydrogen-bond acceptors (Lipinski definition) is 7. The molecule has 2 fully saturated rings. The van der Waals surface area contributed by atoms with Gasteiger partial charge in [0.05, 0.1) is 5.75 Å². The Hall–Kier alpha value is -2.52. The van der Waals surface area contributed by atoms with E-state index in [1.807, 2.05) is 17.0 Å². The highest BCUT2D eigenvalue weighted by Gasteiger charge is 2.26. The van der Waals surface area contributed by atoms with Crippen LogP contribution < -0.4 is 4.90 Å². The Balaban J connectivity index is 1.21. The first kappa shape index (κ1) is 23.2. The van der Waals surface area contributed by atoms with Gasteiger partial charge in [-0.05, 0) is 48.6 Å². The molecule has 1 saturated carbocycles. The largest absolute Gasteiger partial charge is 0.508 e. The number of rotatable bonds is 7. The van der Waals surface area contributed by atoms with Gasteiger partial charge in [-0.15, -0.1) is 21.5 Å². The number of carbonyl (C=O) groups excluding carboxylic acids is 1. The van der Waals surface area contributed by atoms with Crippen molar-refractivity contribution < 1.29 is 9.90 Å². The lowest BCUT2D eigenvalue weighted by Crippen LogP contribution is -2.49. The summed E-state index contributed by atoms with van der Waals surface area (Å²) in [4.78, 5) is 18.5. The smallest absolute Gasteiger partial charge is 0.233 e. The van der Waals surface area contributed by atoms with E-state index in [1.54, 1.807) is 23.5 Å². The van der Waals surface area contributed by atoms with Crippen LogP contribution in [0.5, 0.6) is 5.75 Å². The van der Waals surface area contributed by atoms with Gasteiger partial charge in [0.2, 0.25) is 5.91 Å². The summed E-state index contributed by atoms with van der Waals surface area (Å²) in [5, 5.41) is 21.6. The maximum absolute atomic E-state index is 13.0.